The maximum Gasteiger partial charge on any atom is 0.276 e. The molecule has 1 aliphatic heterocycles. The molecule has 0 atom stereocenters. The Kier molecular flexibility index (Phi) is 5.95. The van der Waals surface area contributed by atoms with Crippen molar-refractivity contribution in [3.63, 3.8) is 0 Å². The Morgan fingerprint density at radius 3 is 2.33 bits per heavy atom. The van der Waals surface area contributed by atoms with Crippen LogP contribution < -0.4 is 0 Å². The van der Waals surface area contributed by atoms with Gasteiger partial charge in [0.25, 0.3) is 5.91 Å². The van der Waals surface area contributed by atoms with E-state index in [2.05, 4.69) is 60.4 Å². The molecule has 0 aliphatic carbocycles. The summed E-state index contributed by atoms with van der Waals surface area (Å²) in [6.07, 6.45) is 0. The largest absolute Gasteiger partial charge is 0.335 e. The minimum atomic E-state index is -0.0837. The third-order valence-electron chi connectivity index (χ3n) is 6.19. The molecule has 0 saturated carbocycles. The highest BCUT2D eigenvalue weighted by Gasteiger charge is 2.27. The monoisotopic (exact) mass is 504 g/mol. The van der Waals surface area contributed by atoms with Crippen LogP contribution in [0.25, 0.3) is 16.8 Å². The fraction of sp³-hybridized carbons (Fsp3) is 0.280. The van der Waals surface area contributed by atoms with Crippen molar-refractivity contribution in [1.82, 2.24) is 29.6 Å². The third kappa shape index (κ3) is 4.28. The first-order chi connectivity index (χ1) is 16.0. The Morgan fingerprint density at radius 2 is 1.64 bits per heavy atom. The zero-order chi connectivity index (χ0) is 22.9. The second-order valence-corrected chi connectivity index (χ2v) is 9.31. The van der Waals surface area contributed by atoms with Crippen LogP contribution >= 0.6 is 15.9 Å². The van der Waals surface area contributed by atoms with E-state index in [1.54, 1.807) is 4.52 Å². The van der Waals surface area contributed by atoms with Gasteiger partial charge in [-0.3, -0.25) is 9.69 Å². The lowest BCUT2D eigenvalue weighted by molar-refractivity contribution is 0.0620. The molecule has 2 aromatic carbocycles. The van der Waals surface area contributed by atoms with Crippen LogP contribution in [0.2, 0.25) is 0 Å². The number of nitrogens with zero attached hydrogens (tertiary/aromatic N) is 6. The van der Waals surface area contributed by atoms with Crippen molar-refractivity contribution in [2.75, 3.05) is 26.2 Å². The van der Waals surface area contributed by atoms with Crippen molar-refractivity contribution in [3.8, 4) is 11.1 Å². The van der Waals surface area contributed by atoms with E-state index in [4.69, 9.17) is 0 Å². The number of benzene rings is 2. The molecule has 4 aromatic rings. The second kappa shape index (κ2) is 9.03. The predicted molar refractivity (Wildman–Crippen MR) is 131 cm³/mol. The Hall–Kier alpha value is -3.10. The van der Waals surface area contributed by atoms with Gasteiger partial charge in [0.05, 0.1) is 17.0 Å². The van der Waals surface area contributed by atoms with Crippen LogP contribution in [0.5, 0.6) is 0 Å². The lowest BCUT2D eigenvalue weighted by Gasteiger charge is -2.34. The van der Waals surface area contributed by atoms with Crippen molar-refractivity contribution >= 4 is 27.5 Å². The molecule has 1 amide bonds. The number of carbonyl (C=O) groups is 1. The van der Waals surface area contributed by atoms with Gasteiger partial charge >= 0.3 is 0 Å². The standard InChI is InChI=1S/C25H25BrN6O/c1-17-22(20-8-10-21(26)11-9-20)24-28-27-23(18(2)32(24)29-17)25(33)31-14-12-30(13-15-31)16-19-6-4-3-5-7-19/h3-11H,12-16H2,1-2H3. The van der Waals surface area contributed by atoms with Gasteiger partial charge < -0.3 is 4.90 Å². The summed E-state index contributed by atoms with van der Waals surface area (Å²) in [7, 11) is 0. The molecule has 0 spiro atoms. The van der Waals surface area contributed by atoms with Gasteiger partial charge in [-0.05, 0) is 37.1 Å². The number of rotatable bonds is 4. The number of amides is 1. The SMILES string of the molecule is Cc1nn2c(C)c(C(=O)N3CCN(Cc4ccccc4)CC3)nnc2c1-c1ccc(Br)cc1. The molecular formula is C25H25BrN6O. The molecule has 7 nitrogen and oxygen atoms in total. The van der Waals surface area contributed by atoms with E-state index in [9.17, 15) is 4.79 Å². The smallest absolute Gasteiger partial charge is 0.276 e. The maximum absolute atomic E-state index is 13.3. The molecule has 0 bridgehead atoms. The third-order valence-corrected chi connectivity index (χ3v) is 6.71. The van der Waals surface area contributed by atoms with Gasteiger partial charge in [0.15, 0.2) is 11.3 Å². The van der Waals surface area contributed by atoms with Crippen molar-refractivity contribution < 1.29 is 4.79 Å². The average molecular weight is 505 g/mol. The summed E-state index contributed by atoms with van der Waals surface area (Å²) in [6.45, 7) is 7.77. The van der Waals surface area contributed by atoms with Crippen LogP contribution in [0, 0.1) is 13.8 Å². The summed E-state index contributed by atoms with van der Waals surface area (Å²) < 4.78 is 2.76. The van der Waals surface area contributed by atoms with Crippen molar-refractivity contribution in [2.45, 2.75) is 20.4 Å². The fourth-order valence-corrected chi connectivity index (χ4v) is 4.63. The molecule has 33 heavy (non-hydrogen) atoms. The zero-order valence-corrected chi connectivity index (χ0v) is 20.3. The van der Waals surface area contributed by atoms with Crippen LogP contribution in [0.3, 0.4) is 0 Å². The van der Waals surface area contributed by atoms with Crippen LogP contribution in [-0.2, 0) is 6.54 Å². The minimum absolute atomic E-state index is 0.0837. The van der Waals surface area contributed by atoms with E-state index in [1.807, 2.05) is 49.1 Å². The van der Waals surface area contributed by atoms with Gasteiger partial charge in [0.2, 0.25) is 0 Å². The van der Waals surface area contributed by atoms with E-state index in [0.29, 0.717) is 30.1 Å². The fourth-order valence-electron chi connectivity index (χ4n) is 4.36. The summed E-state index contributed by atoms with van der Waals surface area (Å²) in [4.78, 5) is 17.5. The van der Waals surface area contributed by atoms with Crippen LogP contribution in [0.4, 0.5) is 0 Å². The van der Waals surface area contributed by atoms with Crippen molar-refractivity contribution in [2.24, 2.45) is 0 Å². The Morgan fingerprint density at radius 1 is 0.939 bits per heavy atom. The number of aryl methyl sites for hydroxylation is 2. The van der Waals surface area contributed by atoms with Gasteiger partial charge in [0, 0.05) is 37.2 Å². The first-order valence-electron chi connectivity index (χ1n) is 11.1. The zero-order valence-electron chi connectivity index (χ0n) is 18.7. The first kappa shape index (κ1) is 21.7. The summed E-state index contributed by atoms with van der Waals surface area (Å²) in [5, 5.41) is 13.5. The summed E-state index contributed by atoms with van der Waals surface area (Å²) >= 11 is 3.48. The Balaban J connectivity index is 1.35. The van der Waals surface area contributed by atoms with Gasteiger partial charge in [-0.2, -0.15) is 5.10 Å². The summed E-state index contributed by atoms with van der Waals surface area (Å²) in [6, 6.07) is 18.5. The minimum Gasteiger partial charge on any atom is -0.335 e. The van der Waals surface area contributed by atoms with Crippen LogP contribution in [-0.4, -0.2) is 61.7 Å². The first-order valence-corrected chi connectivity index (χ1v) is 11.8. The molecule has 0 radical (unpaired) electrons. The number of hydrogen-bond acceptors (Lipinski definition) is 5. The molecule has 168 valence electrons. The van der Waals surface area contributed by atoms with E-state index in [-0.39, 0.29) is 5.91 Å². The second-order valence-electron chi connectivity index (χ2n) is 8.39. The molecule has 8 heteroatoms. The van der Waals surface area contributed by atoms with Gasteiger partial charge in [-0.25, -0.2) is 4.52 Å². The Labute approximate surface area is 201 Å². The summed E-state index contributed by atoms with van der Waals surface area (Å²) in [5.74, 6) is -0.0837. The normalized spacial score (nSPS) is 14.7. The quantitative estimate of drug-likeness (QED) is 0.418. The number of hydrogen-bond donors (Lipinski definition) is 0. The molecule has 5 rings (SSSR count). The average Bonchev–Trinajstić information content (AvgIpc) is 3.17. The lowest BCUT2D eigenvalue weighted by Crippen LogP contribution is -2.48. The van der Waals surface area contributed by atoms with Gasteiger partial charge in [-0.1, -0.05) is 58.4 Å². The molecule has 2 aromatic heterocycles. The molecule has 1 fully saturated rings. The van der Waals surface area contributed by atoms with E-state index >= 15 is 0 Å². The molecule has 0 unspecified atom stereocenters. The molecule has 1 saturated heterocycles. The molecule has 1 aliphatic rings. The summed E-state index contributed by atoms with van der Waals surface area (Å²) in [5.41, 5.74) is 5.84. The van der Waals surface area contributed by atoms with E-state index in [0.717, 1.165) is 40.9 Å². The van der Waals surface area contributed by atoms with Gasteiger partial charge in [-0.15, -0.1) is 10.2 Å². The van der Waals surface area contributed by atoms with Crippen LogP contribution in [0.15, 0.2) is 59.1 Å². The highest BCUT2D eigenvalue weighted by molar-refractivity contribution is 9.10. The Bertz CT molecular complexity index is 1290. The topological polar surface area (TPSA) is 66.6 Å². The van der Waals surface area contributed by atoms with Crippen molar-refractivity contribution in [1.29, 1.82) is 0 Å². The predicted octanol–water partition coefficient (Wildman–Crippen LogP) is 4.13. The molecular weight excluding hydrogens is 480 g/mol. The van der Waals surface area contributed by atoms with Crippen LogP contribution in [0.1, 0.15) is 27.4 Å². The number of aromatic nitrogens is 4. The number of carbonyl (C=O) groups excluding carboxylic acids is 1. The highest BCUT2D eigenvalue weighted by atomic mass is 79.9. The lowest BCUT2D eigenvalue weighted by atomic mass is 10.1. The number of piperazine rings is 1. The number of halogens is 1. The van der Waals surface area contributed by atoms with Gasteiger partial charge in [0.1, 0.15) is 0 Å². The van der Waals surface area contributed by atoms with E-state index in [1.165, 1.54) is 5.56 Å². The van der Waals surface area contributed by atoms with Crippen molar-refractivity contribution in [3.05, 3.63) is 81.7 Å². The maximum atomic E-state index is 13.3. The molecule has 0 N–H and O–H groups in total. The highest BCUT2D eigenvalue weighted by Crippen LogP contribution is 2.29. The molecule has 3 heterocycles. The number of fused-ring (bicyclic) bond motifs is 1. The van der Waals surface area contributed by atoms with E-state index < -0.39 is 0 Å².